The molecule has 3 heteroatoms. The van der Waals surface area contributed by atoms with Crippen LogP contribution in [0, 0.1) is 0 Å². The molecular weight excluding hydrogens is 288 g/mol. The van der Waals surface area contributed by atoms with E-state index in [1.807, 2.05) is 12.1 Å². The number of ether oxygens (including phenoxy) is 3. The third-order valence-electron chi connectivity index (χ3n) is 4.69. The molecule has 3 nitrogen and oxygen atoms in total. The summed E-state index contributed by atoms with van der Waals surface area (Å²) in [6.45, 7) is 11.3. The molecule has 2 aliphatic heterocycles. The van der Waals surface area contributed by atoms with Crippen molar-refractivity contribution in [2.75, 3.05) is 6.61 Å². The van der Waals surface area contributed by atoms with Gasteiger partial charge >= 0.3 is 0 Å². The van der Waals surface area contributed by atoms with Gasteiger partial charge in [0.25, 0.3) is 0 Å². The molecule has 2 heterocycles. The number of benzene rings is 1. The van der Waals surface area contributed by atoms with Crippen LogP contribution in [0.1, 0.15) is 53.0 Å². The Kier molecular flexibility index (Phi) is 4.18. The maximum absolute atomic E-state index is 5.94. The Morgan fingerprint density at radius 2 is 2.04 bits per heavy atom. The van der Waals surface area contributed by atoms with Crippen LogP contribution in [0.25, 0.3) is 0 Å². The van der Waals surface area contributed by atoms with Gasteiger partial charge in [-0.15, -0.1) is 0 Å². The Bertz CT molecular complexity index is 613. The van der Waals surface area contributed by atoms with Crippen LogP contribution in [-0.4, -0.2) is 23.9 Å². The van der Waals surface area contributed by atoms with Gasteiger partial charge in [-0.1, -0.05) is 11.6 Å². The van der Waals surface area contributed by atoms with Crippen LogP contribution in [-0.2, 0) is 11.2 Å². The first-order chi connectivity index (χ1) is 10.8. The summed E-state index contributed by atoms with van der Waals surface area (Å²) < 4.78 is 17.4. The molecule has 126 valence electrons. The third-order valence-corrected chi connectivity index (χ3v) is 4.69. The third kappa shape index (κ3) is 4.08. The second-order valence-electron chi connectivity index (χ2n) is 7.92. The van der Waals surface area contributed by atoms with Crippen LogP contribution in [0.2, 0.25) is 0 Å². The Hall–Kier alpha value is -1.48. The number of epoxide rings is 1. The predicted octanol–water partition coefficient (Wildman–Crippen LogP) is 4.68. The zero-order valence-electron chi connectivity index (χ0n) is 14.9. The molecule has 1 atom stereocenters. The van der Waals surface area contributed by atoms with Gasteiger partial charge in [-0.05, 0) is 65.2 Å². The van der Waals surface area contributed by atoms with Crippen molar-refractivity contribution in [2.24, 2.45) is 0 Å². The summed E-state index contributed by atoms with van der Waals surface area (Å²) in [6, 6.07) is 6.16. The fourth-order valence-electron chi connectivity index (χ4n) is 3.14. The molecule has 1 saturated heterocycles. The molecule has 0 aliphatic carbocycles. The van der Waals surface area contributed by atoms with Crippen molar-refractivity contribution in [3.05, 3.63) is 35.4 Å². The van der Waals surface area contributed by atoms with Gasteiger partial charge in [0.1, 0.15) is 23.7 Å². The minimum atomic E-state index is -0.101. The van der Waals surface area contributed by atoms with Crippen molar-refractivity contribution in [3.63, 3.8) is 0 Å². The molecule has 1 aromatic carbocycles. The van der Waals surface area contributed by atoms with E-state index in [2.05, 4.69) is 46.8 Å². The minimum Gasteiger partial charge on any atom is -0.489 e. The lowest BCUT2D eigenvalue weighted by atomic mass is 10.0. The zero-order chi connectivity index (χ0) is 16.7. The van der Waals surface area contributed by atoms with Crippen LogP contribution in [0.15, 0.2) is 29.8 Å². The maximum atomic E-state index is 5.94. The van der Waals surface area contributed by atoms with Crippen LogP contribution < -0.4 is 9.47 Å². The number of fused-ring (bicyclic) bond motifs is 1. The predicted molar refractivity (Wildman–Crippen MR) is 92.3 cm³/mol. The summed E-state index contributed by atoms with van der Waals surface area (Å²) in [5, 5.41) is 0. The van der Waals surface area contributed by atoms with E-state index in [0.717, 1.165) is 30.8 Å². The Morgan fingerprint density at radius 1 is 1.30 bits per heavy atom. The highest BCUT2D eigenvalue weighted by Gasteiger charge is 2.46. The second kappa shape index (κ2) is 5.86. The molecule has 0 saturated carbocycles. The topological polar surface area (TPSA) is 31.0 Å². The highest BCUT2D eigenvalue weighted by atomic mass is 16.6. The number of hydrogen-bond acceptors (Lipinski definition) is 3. The van der Waals surface area contributed by atoms with E-state index in [1.165, 1.54) is 11.1 Å². The van der Waals surface area contributed by atoms with Crippen molar-refractivity contribution in [2.45, 2.75) is 71.2 Å². The van der Waals surface area contributed by atoms with Crippen molar-refractivity contribution in [3.8, 4) is 11.5 Å². The van der Waals surface area contributed by atoms with Crippen LogP contribution in [0.4, 0.5) is 0 Å². The first-order valence-electron chi connectivity index (χ1n) is 8.53. The van der Waals surface area contributed by atoms with E-state index in [1.54, 1.807) is 0 Å². The summed E-state index contributed by atoms with van der Waals surface area (Å²) in [5.74, 6) is 1.83. The van der Waals surface area contributed by atoms with Gasteiger partial charge in [0, 0.05) is 12.5 Å². The van der Waals surface area contributed by atoms with E-state index >= 15 is 0 Å². The van der Waals surface area contributed by atoms with Crippen molar-refractivity contribution >= 4 is 0 Å². The van der Waals surface area contributed by atoms with Crippen molar-refractivity contribution in [1.29, 1.82) is 0 Å². The first kappa shape index (κ1) is 16.4. The van der Waals surface area contributed by atoms with Gasteiger partial charge in [-0.2, -0.15) is 0 Å². The van der Waals surface area contributed by atoms with Crippen molar-refractivity contribution < 1.29 is 14.2 Å². The average Bonchev–Trinajstić information content (AvgIpc) is 2.93. The first-order valence-corrected chi connectivity index (χ1v) is 8.53. The summed E-state index contributed by atoms with van der Waals surface area (Å²) in [6.07, 6.45) is 5.70. The normalized spacial score (nSPS) is 24.0. The fourth-order valence-corrected chi connectivity index (χ4v) is 3.14. The van der Waals surface area contributed by atoms with Gasteiger partial charge in [0.05, 0.1) is 11.7 Å². The number of rotatable bonds is 6. The van der Waals surface area contributed by atoms with Gasteiger partial charge < -0.3 is 14.2 Å². The Morgan fingerprint density at radius 3 is 2.74 bits per heavy atom. The molecule has 1 fully saturated rings. The molecule has 3 rings (SSSR count). The number of allylic oxidation sites excluding steroid dienone is 1. The molecule has 23 heavy (non-hydrogen) atoms. The van der Waals surface area contributed by atoms with E-state index in [4.69, 9.17) is 14.2 Å². The monoisotopic (exact) mass is 316 g/mol. The molecule has 1 unspecified atom stereocenters. The minimum absolute atomic E-state index is 0.0922. The van der Waals surface area contributed by atoms with Gasteiger partial charge in [0.2, 0.25) is 0 Å². The van der Waals surface area contributed by atoms with Crippen LogP contribution in [0.5, 0.6) is 11.5 Å². The lowest BCUT2D eigenvalue weighted by molar-refractivity contribution is 0.138. The number of hydrogen-bond donors (Lipinski definition) is 0. The Labute approximate surface area is 139 Å². The molecule has 2 aliphatic rings. The Balaban J connectivity index is 1.46. The quantitative estimate of drug-likeness (QED) is 0.564. The largest absolute Gasteiger partial charge is 0.489 e. The average molecular weight is 316 g/mol. The maximum Gasteiger partial charge on any atom is 0.127 e. The molecule has 0 bridgehead atoms. The van der Waals surface area contributed by atoms with Crippen LogP contribution >= 0.6 is 0 Å². The lowest BCUT2D eigenvalue weighted by Crippen LogP contribution is -2.24. The smallest absolute Gasteiger partial charge is 0.127 e. The van der Waals surface area contributed by atoms with E-state index < -0.39 is 0 Å². The molecule has 0 spiro atoms. The van der Waals surface area contributed by atoms with E-state index in [-0.39, 0.29) is 11.2 Å². The summed E-state index contributed by atoms with van der Waals surface area (Å²) in [4.78, 5) is 0. The standard InChI is InChI=1S/C20H28O3/c1-14(6-9-18-20(4,5)23-18)10-11-21-16-8-7-15-13-19(2,3)22-17(15)12-16/h7-8,10,12,18H,6,9,11,13H2,1-5H3/b14-10+. The summed E-state index contributed by atoms with van der Waals surface area (Å²) in [5.41, 5.74) is 2.61. The second-order valence-corrected chi connectivity index (χ2v) is 7.92. The SMILES string of the molecule is C/C(=C\COc1ccc2c(c1)OC(C)(C)C2)CCC1OC1(C)C. The van der Waals surface area contributed by atoms with Crippen molar-refractivity contribution in [1.82, 2.24) is 0 Å². The molecule has 1 aromatic rings. The van der Waals surface area contributed by atoms with E-state index in [0.29, 0.717) is 12.7 Å². The van der Waals surface area contributed by atoms with E-state index in [9.17, 15) is 0 Å². The van der Waals surface area contributed by atoms with Crippen LogP contribution in [0.3, 0.4) is 0 Å². The summed E-state index contributed by atoms with van der Waals surface area (Å²) in [7, 11) is 0. The molecular formula is C20H28O3. The molecule has 0 radical (unpaired) electrons. The zero-order valence-corrected chi connectivity index (χ0v) is 14.9. The highest BCUT2D eigenvalue weighted by Crippen LogP contribution is 2.39. The molecule has 0 N–H and O–H groups in total. The van der Waals surface area contributed by atoms with Gasteiger partial charge in [-0.25, -0.2) is 0 Å². The molecule has 0 aromatic heterocycles. The fraction of sp³-hybridized carbons (Fsp3) is 0.600. The van der Waals surface area contributed by atoms with Gasteiger partial charge in [0.15, 0.2) is 0 Å². The van der Waals surface area contributed by atoms with Gasteiger partial charge in [-0.3, -0.25) is 0 Å². The summed E-state index contributed by atoms with van der Waals surface area (Å²) >= 11 is 0. The highest BCUT2D eigenvalue weighted by molar-refractivity contribution is 5.44. The molecule has 0 amide bonds. The lowest BCUT2D eigenvalue weighted by Gasteiger charge is -2.16.